The molecule has 0 spiro atoms. The third-order valence-corrected chi connectivity index (χ3v) is 5.14. The second-order valence-corrected chi connectivity index (χ2v) is 8.35. The summed E-state index contributed by atoms with van der Waals surface area (Å²) in [4.78, 5) is 2.64. The van der Waals surface area contributed by atoms with Crippen molar-refractivity contribution in [2.45, 2.75) is 60.0 Å². The molecule has 1 fully saturated rings. The largest absolute Gasteiger partial charge is 0.365 e. The molecule has 1 saturated heterocycles. The van der Waals surface area contributed by atoms with Crippen molar-refractivity contribution < 1.29 is 0 Å². The van der Waals surface area contributed by atoms with Crippen molar-refractivity contribution in [2.75, 3.05) is 18.0 Å². The zero-order chi connectivity index (χ0) is 15.8. The zero-order valence-corrected chi connectivity index (χ0v) is 15.8. The number of anilines is 1. The van der Waals surface area contributed by atoms with Gasteiger partial charge in [0, 0.05) is 35.3 Å². The summed E-state index contributed by atoms with van der Waals surface area (Å²) in [5.41, 5.74) is 4.46. The molecule has 2 unspecified atom stereocenters. The smallest absolute Gasteiger partial charge is 0.0429 e. The standard InChI is InChI=1S/C18H29BrN2/c1-7-15-10-20-16(18(4,5)6)11-21(15)17-12(2)8-14(19)9-13(17)3/h8-9,15-16,20H,7,10-11H2,1-6H3. The van der Waals surface area contributed by atoms with Gasteiger partial charge in [-0.1, -0.05) is 43.6 Å². The summed E-state index contributed by atoms with van der Waals surface area (Å²) < 4.78 is 1.18. The molecule has 0 bridgehead atoms. The van der Waals surface area contributed by atoms with Crippen LogP contribution in [0.4, 0.5) is 5.69 Å². The van der Waals surface area contributed by atoms with E-state index in [1.807, 2.05) is 0 Å². The summed E-state index contributed by atoms with van der Waals surface area (Å²) in [6.45, 7) is 15.9. The van der Waals surface area contributed by atoms with Gasteiger partial charge >= 0.3 is 0 Å². The van der Waals surface area contributed by atoms with Crippen LogP contribution < -0.4 is 10.2 Å². The van der Waals surface area contributed by atoms with Gasteiger partial charge in [0.25, 0.3) is 0 Å². The predicted octanol–water partition coefficient (Wildman–Crippen LogP) is 4.67. The third kappa shape index (κ3) is 3.62. The van der Waals surface area contributed by atoms with Crippen LogP contribution in [0.15, 0.2) is 16.6 Å². The van der Waals surface area contributed by atoms with E-state index in [0.717, 1.165) is 13.1 Å². The first-order valence-electron chi connectivity index (χ1n) is 8.00. The van der Waals surface area contributed by atoms with Gasteiger partial charge in [0.05, 0.1) is 0 Å². The summed E-state index contributed by atoms with van der Waals surface area (Å²) in [5.74, 6) is 0. The second-order valence-electron chi connectivity index (χ2n) is 7.43. The Morgan fingerprint density at radius 2 is 1.81 bits per heavy atom. The van der Waals surface area contributed by atoms with Crippen molar-refractivity contribution in [1.29, 1.82) is 0 Å². The maximum absolute atomic E-state index is 3.76. The molecule has 1 N–H and O–H groups in total. The van der Waals surface area contributed by atoms with Gasteiger partial charge in [-0.25, -0.2) is 0 Å². The SMILES string of the molecule is CCC1CNC(C(C)(C)C)CN1c1c(C)cc(Br)cc1C. The molecule has 1 heterocycles. The molecule has 118 valence electrons. The molecule has 3 heteroatoms. The Kier molecular flexibility index (Phi) is 5.04. The Balaban J connectivity index is 2.38. The lowest BCUT2D eigenvalue weighted by Gasteiger charge is -2.47. The van der Waals surface area contributed by atoms with Crippen molar-refractivity contribution in [3.05, 3.63) is 27.7 Å². The predicted molar refractivity (Wildman–Crippen MR) is 96.3 cm³/mol. The number of aryl methyl sites for hydroxylation is 2. The molecule has 1 aromatic rings. The van der Waals surface area contributed by atoms with Gasteiger partial charge in [0.1, 0.15) is 0 Å². The number of piperazine rings is 1. The highest BCUT2D eigenvalue weighted by Crippen LogP contribution is 2.34. The Morgan fingerprint density at radius 1 is 1.24 bits per heavy atom. The van der Waals surface area contributed by atoms with Crippen LogP contribution in [0.3, 0.4) is 0 Å². The highest BCUT2D eigenvalue weighted by atomic mass is 79.9. The van der Waals surface area contributed by atoms with E-state index in [-0.39, 0.29) is 5.41 Å². The summed E-state index contributed by atoms with van der Waals surface area (Å²) in [6, 6.07) is 5.59. The van der Waals surface area contributed by atoms with Crippen LogP contribution in [-0.2, 0) is 0 Å². The lowest BCUT2D eigenvalue weighted by Crippen LogP contribution is -2.60. The first-order valence-corrected chi connectivity index (χ1v) is 8.80. The average molecular weight is 353 g/mol. The summed E-state index contributed by atoms with van der Waals surface area (Å²) >= 11 is 3.62. The van der Waals surface area contributed by atoms with Crippen molar-refractivity contribution in [3.8, 4) is 0 Å². The quantitative estimate of drug-likeness (QED) is 0.831. The molecule has 1 aromatic carbocycles. The molecule has 0 aliphatic carbocycles. The van der Waals surface area contributed by atoms with E-state index in [0.29, 0.717) is 12.1 Å². The Bertz CT molecular complexity index is 481. The molecule has 1 aliphatic rings. The lowest BCUT2D eigenvalue weighted by atomic mass is 9.84. The summed E-state index contributed by atoms with van der Waals surface area (Å²) in [6.07, 6.45) is 1.18. The van der Waals surface area contributed by atoms with Crippen LogP contribution in [0.1, 0.15) is 45.2 Å². The van der Waals surface area contributed by atoms with E-state index in [1.54, 1.807) is 0 Å². The number of rotatable bonds is 2. The van der Waals surface area contributed by atoms with E-state index >= 15 is 0 Å². The van der Waals surface area contributed by atoms with E-state index in [2.05, 4.69) is 79.8 Å². The van der Waals surface area contributed by atoms with E-state index in [9.17, 15) is 0 Å². The van der Waals surface area contributed by atoms with Crippen LogP contribution in [0, 0.1) is 19.3 Å². The molecule has 21 heavy (non-hydrogen) atoms. The molecule has 2 nitrogen and oxygen atoms in total. The maximum Gasteiger partial charge on any atom is 0.0429 e. The Morgan fingerprint density at radius 3 is 2.29 bits per heavy atom. The average Bonchev–Trinajstić information content (AvgIpc) is 2.36. The number of benzene rings is 1. The van der Waals surface area contributed by atoms with Crippen LogP contribution >= 0.6 is 15.9 Å². The Labute approximate surface area is 138 Å². The molecule has 1 aliphatic heterocycles. The third-order valence-electron chi connectivity index (χ3n) is 4.68. The maximum atomic E-state index is 3.76. The summed E-state index contributed by atoms with van der Waals surface area (Å²) in [5, 5.41) is 3.76. The molecule has 2 atom stereocenters. The fourth-order valence-electron chi connectivity index (χ4n) is 3.37. The molecular weight excluding hydrogens is 324 g/mol. The van der Waals surface area contributed by atoms with Crippen LogP contribution in [-0.4, -0.2) is 25.2 Å². The number of nitrogens with zero attached hydrogens (tertiary/aromatic N) is 1. The minimum Gasteiger partial charge on any atom is -0.365 e. The van der Waals surface area contributed by atoms with Crippen molar-refractivity contribution in [3.63, 3.8) is 0 Å². The fourth-order valence-corrected chi connectivity index (χ4v) is 4.06. The fraction of sp³-hybridized carbons (Fsp3) is 0.667. The molecule has 2 rings (SSSR count). The number of nitrogens with one attached hydrogen (secondary N) is 1. The van der Waals surface area contributed by atoms with Gasteiger partial charge in [0.15, 0.2) is 0 Å². The highest BCUT2D eigenvalue weighted by Gasteiger charge is 2.34. The molecule has 0 amide bonds. The van der Waals surface area contributed by atoms with E-state index in [4.69, 9.17) is 0 Å². The van der Waals surface area contributed by atoms with Crippen molar-refractivity contribution in [2.24, 2.45) is 5.41 Å². The van der Waals surface area contributed by atoms with E-state index < -0.39 is 0 Å². The molecule has 0 aromatic heterocycles. The van der Waals surface area contributed by atoms with Crippen LogP contribution in [0.25, 0.3) is 0 Å². The number of halogens is 1. The number of hydrogen-bond donors (Lipinski definition) is 1. The first kappa shape index (κ1) is 16.8. The van der Waals surface area contributed by atoms with Gasteiger partial charge in [-0.15, -0.1) is 0 Å². The van der Waals surface area contributed by atoms with Gasteiger partial charge < -0.3 is 10.2 Å². The Hall–Kier alpha value is -0.540. The van der Waals surface area contributed by atoms with Gasteiger partial charge in [-0.05, 0) is 48.9 Å². The van der Waals surface area contributed by atoms with Crippen molar-refractivity contribution >= 4 is 21.6 Å². The molecular formula is C18H29BrN2. The lowest BCUT2D eigenvalue weighted by molar-refractivity contribution is 0.233. The van der Waals surface area contributed by atoms with E-state index in [1.165, 1.54) is 27.7 Å². The van der Waals surface area contributed by atoms with Gasteiger partial charge in [0.2, 0.25) is 0 Å². The minimum atomic E-state index is 0.286. The molecule has 0 saturated carbocycles. The summed E-state index contributed by atoms with van der Waals surface area (Å²) in [7, 11) is 0. The number of hydrogen-bond acceptors (Lipinski definition) is 2. The van der Waals surface area contributed by atoms with Gasteiger partial charge in [-0.2, -0.15) is 0 Å². The zero-order valence-electron chi connectivity index (χ0n) is 14.3. The van der Waals surface area contributed by atoms with Crippen LogP contribution in [0.5, 0.6) is 0 Å². The second kappa shape index (κ2) is 6.29. The monoisotopic (exact) mass is 352 g/mol. The van der Waals surface area contributed by atoms with Gasteiger partial charge in [-0.3, -0.25) is 0 Å². The minimum absolute atomic E-state index is 0.286. The highest BCUT2D eigenvalue weighted by molar-refractivity contribution is 9.10. The van der Waals surface area contributed by atoms with Crippen LogP contribution in [0.2, 0.25) is 0 Å². The van der Waals surface area contributed by atoms with Crippen molar-refractivity contribution in [1.82, 2.24) is 5.32 Å². The topological polar surface area (TPSA) is 15.3 Å². The first-order chi connectivity index (χ1) is 9.74. The normalized spacial score (nSPS) is 23.5. The molecule has 0 radical (unpaired) electrons.